The maximum Gasteiger partial charge on any atom is 0.303 e. The Balaban J connectivity index is 1.94. The zero-order valence-corrected chi connectivity index (χ0v) is 16.9. The first kappa shape index (κ1) is 21.7. The maximum absolute atomic E-state index is 13.3. The standard InChI is InChI=1S/C20H23NO9/c1-11(22)27-10-14-16(28-12(2)23)17(29-13(3)24)18(30-14)21-9-6-15(25)20(19(21)26)7-4-5-8-20/h4-6,9,14,16-18H,7-8,10H2,1-3H3/t14-,16-,17-,18-/m1/s1. The molecule has 0 aromatic rings. The predicted molar refractivity (Wildman–Crippen MR) is 98.2 cm³/mol. The van der Waals surface area contributed by atoms with Crippen molar-refractivity contribution in [2.45, 2.75) is 58.2 Å². The van der Waals surface area contributed by atoms with Gasteiger partial charge in [0, 0.05) is 27.0 Å². The second-order valence-corrected chi connectivity index (χ2v) is 7.37. The van der Waals surface area contributed by atoms with Gasteiger partial charge in [-0.25, -0.2) is 0 Å². The fourth-order valence-electron chi connectivity index (χ4n) is 3.87. The fourth-order valence-corrected chi connectivity index (χ4v) is 3.87. The Labute approximate surface area is 172 Å². The van der Waals surface area contributed by atoms with Gasteiger partial charge >= 0.3 is 17.9 Å². The molecule has 1 spiro atoms. The van der Waals surface area contributed by atoms with E-state index in [0.29, 0.717) is 0 Å². The molecule has 1 saturated heterocycles. The molecule has 30 heavy (non-hydrogen) atoms. The van der Waals surface area contributed by atoms with Gasteiger partial charge in [0.2, 0.25) is 5.91 Å². The third-order valence-electron chi connectivity index (χ3n) is 5.22. The summed E-state index contributed by atoms with van der Waals surface area (Å²) in [6, 6.07) is 0. The monoisotopic (exact) mass is 421 g/mol. The molecule has 10 nitrogen and oxygen atoms in total. The van der Waals surface area contributed by atoms with E-state index in [-0.39, 0.29) is 25.2 Å². The van der Waals surface area contributed by atoms with Crippen LogP contribution in [0.3, 0.4) is 0 Å². The van der Waals surface area contributed by atoms with E-state index in [1.807, 2.05) is 0 Å². The molecule has 4 atom stereocenters. The highest BCUT2D eigenvalue weighted by Gasteiger charge is 2.57. The first-order chi connectivity index (χ1) is 14.2. The van der Waals surface area contributed by atoms with Crippen LogP contribution in [0.4, 0.5) is 0 Å². The SMILES string of the molecule is CC(=O)OC[C@H]1O[C@@H](N2C=CC(=O)C3(CC=CC3)C2=O)[C@H](OC(C)=O)[C@@H]1OC(C)=O. The first-order valence-electron chi connectivity index (χ1n) is 9.49. The lowest BCUT2D eigenvalue weighted by Crippen LogP contribution is -2.55. The molecule has 0 N–H and O–H groups in total. The van der Waals surface area contributed by atoms with E-state index in [0.717, 1.165) is 0 Å². The molecule has 3 aliphatic rings. The van der Waals surface area contributed by atoms with Crippen LogP contribution < -0.4 is 0 Å². The molecule has 10 heteroatoms. The molecule has 0 bridgehead atoms. The van der Waals surface area contributed by atoms with Crippen molar-refractivity contribution in [2.24, 2.45) is 5.41 Å². The second kappa shape index (κ2) is 8.39. The largest absolute Gasteiger partial charge is 0.463 e. The minimum absolute atomic E-state index is 0.251. The summed E-state index contributed by atoms with van der Waals surface area (Å²) in [6.45, 7) is 3.26. The topological polar surface area (TPSA) is 126 Å². The number of carbonyl (C=O) groups is 5. The van der Waals surface area contributed by atoms with Gasteiger partial charge in [0.15, 0.2) is 24.2 Å². The number of esters is 3. The van der Waals surface area contributed by atoms with Crippen molar-refractivity contribution in [3.63, 3.8) is 0 Å². The third-order valence-corrected chi connectivity index (χ3v) is 5.22. The molecule has 0 unspecified atom stereocenters. The van der Waals surface area contributed by atoms with Crippen LogP contribution in [0.1, 0.15) is 33.6 Å². The van der Waals surface area contributed by atoms with Crippen molar-refractivity contribution in [2.75, 3.05) is 6.61 Å². The molecule has 0 saturated carbocycles. The van der Waals surface area contributed by atoms with Gasteiger partial charge in [0.05, 0.1) is 0 Å². The van der Waals surface area contributed by atoms with Crippen LogP contribution in [0.2, 0.25) is 0 Å². The van der Waals surface area contributed by atoms with Crippen LogP contribution in [0, 0.1) is 5.41 Å². The first-order valence-corrected chi connectivity index (χ1v) is 9.49. The van der Waals surface area contributed by atoms with E-state index in [1.54, 1.807) is 12.2 Å². The Hall–Kier alpha value is -3.01. The second-order valence-electron chi connectivity index (χ2n) is 7.37. The molecule has 162 valence electrons. The third kappa shape index (κ3) is 4.00. The van der Waals surface area contributed by atoms with E-state index < -0.39 is 53.8 Å². The maximum atomic E-state index is 13.3. The lowest BCUT2D eigenvalue weighted by Gasteiger charge is -2.38. The minimum Gasteiger partial charge on any atom is -0.463 e. The number of ketones is 1. The molecule has 3 rings (SSSR count). The summed E-state index contributed by atoms with van der Waals surface area (Å²) in [4.78, 5) is 61.5. The summed E-state index contributed by atoms with van der Waals surface area (Å²) < 4.78 is 21.5. The van der Waals surface area contributed by atoms with Crippen molar-refractivity contribution in [3.8, 4) is 0 Å². The molecule has 0 radical (unpaired) electrons. The summed E-state index contributed by atoms with van der Waals surface area (Å²) in [6.07, 6.45) is 2.12. The van der Waals surface area contributed by atoms with Gasteiger partial charge in [-0.05, 0) is 18.9 Å². The van der Waals surface area contributed by atoms with Gasteiger partial charge in [0.25, 0.3) is 0 Å². The van der Waals surface area contributed by atoms with Gasteiger partial charge in [0.1, 0.15) is 18.1 Å². The molecular formula is C20H23NO9. The molecule has 1 fully saturated rings. The number of amides is 1. The number of nitrogens with zero attached hydrogens (tertiary/aromatic N) is 1. The van der Waals surface area contributed by atoms with Crippen molar-refractivity contribution < 1.29 is 42.9 Å². The Kier molecular flexibility index (Phi) is 6.06. The van der Waals surface area contributed by atoms with E-state index in [4.69, 9.17) is 18.9 Å². The highest BCUT2D eigenvalue weighted by atomic mass is 16.7. The Morgan fingerprint density at radius 3 is 2.20 bits per heavy atom. The molecule has 0 aromatic heterocycles. The normalized spacial score (nSPS) is 29.4. The Morgan fingerprint density at radius 1 is 1.03 bits per heavy atom. The lowest BCUT2D eigenvalue weighted by molar-refractivity contribution is -0.172. The number of hydrogen-bond donors (Lipinski definition) is 0. The smallest absolute Gasteiger partial charge is 0.303 e. The average molecular weight is 421 g/mol. The minimum atomic E-state index is -1.26. The van der Waals surface area contributed by atoms with Crippen LogP contribution in [-0.4, -0.2) is 65.6 Å². The molecule has 1 amide bonds. The van der Waals surface area contributed by atoms with Crippen molar-refractivity contribution in [1.29, 1.82) is 0 Å². The van der Waals surface area contributed by atoms with Gasteiger partial charge in [-0.2, -0.15) is 0 Å². The van der Waals surface area contributed by atoms with E-state index in [1.165, 1.54) is 37.9 Å². The summed E-state index contributed by atoms with van der Waals surface area (Å²) in [5.41, 5.74) is -1.26. The summed E-state index contributed by atoms with van der Waals surface area (Å²) in [5.74, 6) is -2.74. The van der Waals surface area contributed by atoms with Crippen LogP contribution >= 0.6 is 0 Å². The van der Waals surface area contributed by atoms with Crippen molar-refractivity contribution in [3.05, 3.63) is 24.4 Å². The van der Waals surface area contributed by atoms with Crippen molar-refractivity contribution >= 4 is 29.6 Å². The zero-order valence-electron chi connectivity index (χ0n) is 16.9. The van der Waals surface area contributed by atoms with E-state index in [9.17, 15) is 24.0 Å². The highest BCUT2D eigenvalue weighted by molar-refractivity contribution is 6.14. The number of allylic oxidation sites excluding steroid dienone is 3. The predicted octanol–water partition coefficient (Wildman–Crippen LogP) is 0.399. The molecular weight excluding hydrogens is 398 g/mol. The molecule has 0 aromatic carbocycles. The number of hydrogen-bond acceptors (Lipinski definition) is 9. The summed E-state index contributed by atoms with van der Waals surface area (Å²) in [5, 5.41) is 0. The lowest BCUT2D eigenvalue weighted by atomic mass is 9.77. The summed E-state index contributed by atoms with van der Waals surface area (Å²) >= 11 is 0. The molecule has 2 heterocycles. The van der Waals surface area contributed by atoms with E-state index >= 15 is 0 Å². The van der Waals surface area contributed by atoms with Crippen LogP contribution in [0.15, 0.2) is 24.4 Å². The Bertz CT molecular complexity index is 822. The number of rotatable bonds is 5. The van der Waals surface area contributed by atoms with E-state index in [2.05, 4.69) is 0 Å². The van der Waals surface area contributed by atoms with Gasteiger partial charge < -0.3 is 18.9 Å². The van der Waals surface area contributed by atoms with Crippen LogP contribution in [0.5, 0.6) is 0 Å². The van der Waals surface area contributed by atoms with Crippen molar-refractivity contribution in [1.82, 2.24) is 4.90 Å². The van der Waals surface area contributed by atoms with Gasteiger partial charge in [-0.3, -0.25) is 28.9 Å². The summed E-state index contributed by atoms with van der Waals surface area (Å²) in [7, 11) is 0. The number of carbonyl (C=O) groups excluding carboxylic acids is 5. The molecule has 2 aliphatic heterocycles. The Morgan fingerprint density at radius 2 is 1.63 bits per heavy atom. The van der Waals surface area contributed by atoms with Gasteiger partial charge in [-0.1, -0.05) is 12.2 Å². The zero-order chi connectivity index (χ0) is 22.1. The van der Waals surface area contributed by atoms with Gasteiger partial charge in [-0.15, -0.1) is 0 Å². The molecule has 1 aliphatic carbocycles. The fraction of sp³-hybridized carbons (Fsp3) is 0.550. The number of ether oxygens (including phenoxy) is 4. The highest BCUT2D eigenvalue weighted by Crippen LogP contribution is 2.41. The van der Waals surface area contributed by atoms with Crippen LogP contribution in [-0.2, 0) is 42.9 Å². The average Bonchev–Trinajstić information content (AvgIpc) is 3.26. The quantitative estimate of drug-likeness (QED) is 0.268. The van der Waals surface area contributed by atoms with Crippen LogP contribution in [0.25, 0.3) is 0 Å².